The van der Waals surface area contributed by atoms with Gasteiger partial charge in [-0.15, -0.1) is 0 Å². The molecule has 0 bridgehead atoms. The highest BCUT2D eigenvalue weighted by Gasteiger charge is 2.22. The third-order valence-corrected chi connectivity index (χ3v) is 10.0. The molecule has 0 aliphatic carbocycles. The maximum Gasteiger partial charge on any atom is 0.227 e. The van der Waals surface area contributed by atoms with Crippen molar-refractivity contribution in [2.75, 3.05) is 62.6 Å². The van der Waals surface area contributed by atoms with Crippen LogP contribution >= 0.6 is 21.6 Å². The number of benzene rings is 2. The van der Waals surface area contributed by atoms with Gasteiger partial charge in [0.25, 0.3) is 0 Å². The Labute approximate surface area is 249 Å². The van der Waals surface area contributed by atoms with Crippen molar-refractivity contribution in [3.63, 3.8) is 0 Å². The van der Waals surface area contributed by atoms with Gasteiger partial charge in [-0.2, -0.15) is 0 Å². The highest BCUT2D eigenvalue weighted by atomic mass is 33.1. The number of methoxy groups -OCH3 is 1. The lowest BCUT2D eigenvalue weighted by molar-refractivity contribution is -0.116. The zero-order chi connectivity index (χ0) is 28.9. The monoisotopic (exact) mass is 591 g/mol. The van der Waals surface area contributed by atoms with Crippen LogP contribution in [0, 0.1) is 0 Å². The number of aryl methyl sites for hydroxylation is 1. The van der Waals surface area contributed by atoms with Gasteiger partial charge in [-0.05, 0) is 38.7 Å². The minimum absolute atomic E-state index is 0.0116. The highest BCUT2D eigenvalue weighted by molar-refractivity contribution is 8.77. The van der Waals surface area contributed by atoms with E-state index in [0.717, 1.165) is 58.8 Å². The second-order valence-corrected chi connectivity index (χ2v) is 13.2. The molecule has 1 amide bonds. The molecule has 0 saturated carbocycles. The molecule has 5 rings (SSSR count). The summed E-state index contributed by atoms with van der Waals surface area (Å²) in [5.41, 5.74) is 5.28. The second kappa shape index (κ2) is 13.1. The number of ether oxygens (including phenoxy) is 1. The number of amides is 1. The van der Waals surface area contributed by atoms with Crippen molar-refractivity contribution >= 4 is 61.4 Å². The van der Waals surface area contributed by atoms with Crippen molar-refractivity contribution < 1.29 is 9.53 Å². The summed E-state index contributed by atoms with van der Waals surface area (Å²) in [5, 5.41) is 8.01. The molecule has 2 aromatic heterocycles. The first-order valence-electron chi connectivity index (χ1n) is 13.6. The zero-order valence-electron chi connectivity index (χ0n) is 24.2. The van der Waals surface area contributed by atoms with E-state index in [-0.39, 0.29) is 5.91 Å². The van der Waals surface area contributed by atoms with Gasteiger partial charge in [0.1, 0.15) is 5.75 Å². The molecule has 0 radical (unpaired) electrons. The predicted octanol–water partition coefficient (Wildman–Crippen LogP) is 5.87. The molecule has 1 atom stereocenters. The van der Waals surface area contributed by atoms with Crippen LogP contribution in [0.15, 0.2) is 54.9 Å². The molecule has 2 aromatic carbocycles. The molecule has 11 heteroatoms. The minimum Gasteiger partial charge on any atom is -0.494 e. The fourth-order valence-corrected chi connectivity index (χ4v) is 7.77. The first-order chi connectivity index (χ1) is 19.8. The summed E-state index contributed by atoms with van der Waals surface area (Å²) < 4.78 is 7.90. The quantitative estimate of drug-likeness (QED) is 0.208. The van der Waals surface area contributed by atoms with Gasteiger partial charge >= 0.3 is 0 Å². The molecule has 0 unspecified atom stereocenters. The maximum atomic E-state index is 13.1. The Balaban J connectivity index is 1.46. The van der Waals surface area contributed by atoms with E-state index in [1.54, 1.807) is 24.1 Å². The Hall–Kier alpha value is -3.41. The number of fused-ring (bicyclic) bond motifs is 1. The molecule has 1 saturated heterocycles. The number of likely N-dealkylation sites (N-methyl/N-ethyl adjacent to an activating group) is 2. The molecule has 9 nitrogen and oxygen atoms in total. The van der Waals surface area contributed by atoms with E-state index in [2.05, 4.69) is 48.3 Å². The van der Waals surface area contributed by atoms with Crippen LogP contribution in [0.1, 0.15) is 12.8 Å². The van der Waals surface area contributed by atoms with Crippen molar-refractivity contribution in [3.8, 4) is 17.0 Å². The lowest BCUT2D eigenvalue weighted by atomic mass is 10.1. The van der Waals surface area contributed by atoms with Crippen molar-refractivity contribution in [2.45, 2.75) is 18.1 Å². The first-order valence-corrected chi connectivity index (χ1v) is 16.0. The van der Waals surface area contributed by atoms with Crippen LogP contribution in [-0.2, 0) is 11.8 Å². The van der Waals surface area contributed by atoms with Crippen LogP contribution in [0.2, 0.25) is 0 Å². The largest absolute Gasteiger partial charge is 0.494 e. The summed E-state index contributed by atoms with van der Waals surface area (Å²) in [6, 6.07) is 14.1. The zero-order valence-corrected chi connectivity index (χ0v) is 25.8. The van der Waals surface area contributed by atoms with Crippen molar-refractivity contribution in [2.24, 2.45) is 7.05 Å². The molecule has 1 aliphatic rings. The van der Waals surface area contributed by atoms with Crippen LogP contribution in [0.3, 0.4) is 0 Å². The van der Waals surface area contributed by atoms with Crippen LogP contribution < -0.4 is 20.3 Å². The normalized spacial score (nSPS) is 14.9. The molecule has 2 N–H and O–H groups in total. The van der Waals surface area contributed by atoms with Gasteiger partial charge in [0, 0.05) is 79.5 Å². The smallest absolute Gasteiger partial charge is 0.227 e. The van der Waals surface area contributed by atoms with E-state index in [9.17, 15) is 4.79 Å². The van der Waals surface area contributed by atoms with Gasteiger partial charge in [0.15, 0.2) is 0 Å². The SMILES string of the molecule is COc1cc(N(C)CCN(C)C)c(NC(=O)C[C@@H]2CCSS2)cc1Nc1nccc(-c2cn(C)c3ccccc23)n1. The van der Waals surface area contributed by atoms with Gasteiger partial charge in [-0.3, -0.25) is 4.79 Å². The number of carbonyl (C=O) groups is 1. The topological polar surface area (TPSA) is 87.5 Å². The lowest BCUT2D eigenvalue weighted by Gasteiger charge is -2.26. The second-order valence-electron chi connectivity index (χ2n) is 10.4. The molecule has 1 fully saturated rings. The third-order valence-electron chi connectivity index (χ3n) is 7.10. The van der Waals surface area contributed by atoms with Gasteiger partial charge < -0.3 is 29.7 Å². The van der Waals surface area contributed by atoms with Crippen LogP contribution in [0.25, 0.3) is 22.2 Å². The molecule has 3 heterocycles. The summed E-state index contributed by atoms with van der Waals surface area (Å²) in [5.74, 6) is 2.18. The van der Waals surface area contributed by atoms with Gasteiger partial charge in [0.05, 0.1) is 29.9 Å². The van der Waals surface area contributed by atoms with Gasteiger partial charge in [-0.1, -0.05) is 39.8 Å². The van der Waals surface area contributed by atoms with Gasteiger partial charge in [-0.25, -0.2) is 9.97 Å². The van der Waals surface area contributed by atoms with Crippen molar-refractivity contribution in [3.05, 3.63) is 54.9 Å². The maximum absolute atomic E-state index is 13.1. The molecule has 0 spiro atoms. The number of aromatic nitrogens is 3. The number of anilines is 4. The van der Waals surface area contributed by atoms with Crippen molar-refractivity contribution in [1.29, 1.82) is 0 Å². The van der Waals surface area contributed by atoms with Crippen LogP contribution in [-0.4, -0.2) is 77.7 Å². The minimum atomic E-state index is 0.0116. The Morgan fingerprint density at radius 1 is 1.15 bits per heavy atom. The first kappa shape index (κ1) is 29.1. The molecule has 41 heavy (non-hydrogen) atoms. The fourth-order valence-electron chi connectivity index (χ4n) is 4.87. The Morgan fingerprint density at radius 2 is 1.98 bits per heavy atom. The van der Waals surface area contributed by atoms with E-state index >= 15 is 0 Å². The molecular weight excluding hydrogens is 555 g/mol. The highest BCUT2D eigenvalue weighted by Crippen LogP contribution is 2.41. The van der Waals surface area contributed by atoms with E-state index < -0.39 is 0 Å². The lowest BCUT2D eigenvalue weighted by Crippen LogP contribution is -2.29. The summed E-state index contributed by atoms with van der Waals surface area (Å²) in [7, 11) is 13.5. The summed E-state index contributed by atoms with van der Waals surface area (Å²) in [6.45, 7) is 1.66. The fraction of sp³-hybridized carbons (Fsp3) is 0.367. The molecular formula is C30H37N7O2S2. The number of rotatable bonds is 11. The Bertz CT molecular complexity index is 1520. The summed E-state index contributed by atoms with van der Waals surface area (Å²) in [4.78, 5) is 26.7. The third kappa shape index (κ3) is 6.91. The van der Waals surface area contributed by atoms with Crippen molar-refractivity contribution in [1.82, 2.24) is 19.4 Å². The Morgan fingerprint density at radius 3 is 2.73 bits per heavy atom. The molecule has 216 valence electrons. The van der Waals surface area contributed by atoms with Gasteiger partial charge in [0.2, 0.25) is 11.9 Å². The number of nitrogens with zero attached hydrogens (tertiary/aromatic N) is 5. The summed E-state index contributed by atoms with van der Waals surface area (Å²) >= 11 is 0. The van der Waals surface area contributed by atoms with Crippen LogP contribution in [0.5, 0.6) is 5.75 Å². The van der Waals surface area contributed by atoms with E-state index in [0.29, 0.717) is 29.1 Å². The number of nitrogens with one attached hydrogen (secondary N) is 2. The number of hydrogen-bond acceptors (Lipinski definition) is 9. The number of carbonyl (C=O) groups excluding carboxylic acids is 1. The van der Waals surface area contributed by atoms with Crippen LogP contribution in [0.4, 0.5) is 23.0 Å². The van der Waals surface area contributed by atoms with E-state index in [1.807, 2.05) is 69.3 Å². The standard InChI is InChI=1S/C30H37N7O2S2/c1-35(2)13-14-36(3)27-18-28(39-5)25(17-24(27)32-29(38)16-20-11-15-40-41-20)34-30-31-12-10-23(33-30)22-19-37(4)26-9-7-6-8-21(22)26/h6-10,12,17-20H,11,13-16H2,1-5H3,(H,32,38)(H,31,33,34)/t20-/m0/s1. The summed E-state index contributed by atoms with van der Waals surface area (Å²) in [6.07, 6.45) is 5.38. The number of hydrogen-bond donors (Lipinski definition) is 2. The molecule has 4 aromatic rings. The average Bonchev–Trinajstić information content (AvgIpc) is 3.59. The number of para-hydroxylation sites is 1. The van der Waals surface area contributed by atoms with E-state index in [4.69, 9.17) is 9.72 Å². The average molecular weight is 592 g/mol. The predicted molar refractivity (Wildman–Crippen MR) is 174 cm³/mol. The molecule has 1 aliphatic heterocycles. The Kier molecular flexibility index (Phi) is 9.26. The van der Waals surface area contributed by atoms with E-state index in [1.165, 1.54) is 0 Å².